The number of rotatable bonds is 16. The van der Waals surface area contributed by atoms with Crippen LogP contribution in [0.4, 0.5) is 15.8 Å². The first-order chi connectivity index (χ1) is 29.7. The molecule has 0 spiro atoms. The first-order valence-corrected chi connectivity index (χ1v) is 21.4. The van der Waals surface area contributed by atoms with Crippen molar-refractivity contribution < 1.29 is 48.6 Å². The summed E-state index contributed by atoms with van der Waals surface area (Å²) in [5, 5.41) is 52.3. The highest BCUT2D eigenvalue weighted by atomic mass is 19.1. The van der Waals surface area contributed by atoms with Crippen molar-refractivity contribution in [2.45, 2.75) is 57.4 Å². The molecule has 1 atom stereocenters. The summed E-state index contributed by atoms with van der Waals surface area (Å²) < 4.78 is 36.5. The van der Waals surface area contributed by atoms with Gasteiger partial charge in [-0.1, -0.05) is 12.1 Å². The Morgan fingerprint density at radius 3 is 2.38 bits per heavy atom. The molecule has 0 saturated carbocycles. The maximum absolute atomic E-state index is 14.5. The van der Waals surface area contributed by atoms with Crippen molar-refractivity contribution in [1.29, 1.82) is 0 Å². The van der Waals surface area contributed by atoms with Gasteiger partial charge in [-0.15, -0.1) is 13.2 Å². The summed E-state index contributed by atoms with van der Waals surface area (Å²) in [7, 11) is 0. The molecule has 0 aliphatic carbocycles. The average molecular weight is 832 g/mol. The second kappa shape index (κ2) is 17.3. The zero-order chi connectivity index (χ0) is 42.2. The van der Waals surface area contributed by atoms with Crippen LogP contribution < -0.4 is 64.9 Å². The smallest absolute Gasteiger partial charge is 0.210 e. The summed E-state index contributed by atoms with van der Waals surface area (Å²) in [6.07, 6.45) is 7.89. The van der Waals surface area contributed by atoms with Gasteiger partial charge in [0.25, 0.3) is 0 Å². The fourth-order valence-corrected chi connectivity index (χ4v) is 10.1. The van der Waals surface area contributed by atoms with Crippen LogP contribution in [0.25, 0.3) is 5.57 Å². The standard InChI is InChI=1S/C47H50FN4O9/c48-31-10-12-37(52(18-20-54)27-40(55)56)39(26-31)60-22-21-59-38-25-28(9-11-32(38)42(47(57)58)49-13-19-53)41-35-23-29-5-1-14-50-16-3-7-33(43(29)50)45(35)61-46-34-8-4-17-51-15-2-6-30(44(34)51)24-36(41)46/h9-12,23-26,42,49H,1-8,13-22,27H2,(H,55,56)(H,57,58)/q-1/p-2. The number of carboxylic acids is 2. The molecular weight excluding hydrogens is 784 g/mol. The number of benzene rings is 4. The number of fused-ring (bicyclic) bond motifs is 4. The highest BCUT2D eigenvalue weighted by molar-refractivity contribution is 5.90. The summed E-state index contributed by atoms with van der Waals surface area (Å²) in [4.78, 5) is 27.9. The number of halogens is 1. The summed E-state index contributed by atoms with van der Waals surface area (Å²) in [5.41, 5.74) is 9.55. The molecule has 9 rings (SSSR count). The SMILES string of the molecule is O=C([O-])CN(CC[O-])c1ccc(F)cc1OCCOc1cc(C2=c3cc4c5c(c3Oc3c2cc2c6c3CCCN6CCC2)CCC[N+]=5CCC4)ccc1C(NCC[O-])C(=O)[O-]. The van der Waals surface area contributed by atoms with E-state index in [-0.39, 0.29) is 49.1 Å². The topological polar surface area (TPSA) is 176 Å². The number of ether oxygens (including phenoxy) is 3. The molecule has 0 fully saturated rings. The zero-order valence-electron chi connectivity index (χ0n) is 34.0. The van der Waals surface area contributed by atoms with Gasteiger partial charge in [0.05, 0.1) is 35.8 Å². The van der Waals surface area contributed by atoms with Gasteiger partial charge in [0.1, 0.15) is 55.1 Å². The quantitative estimate of drug-likeness (QED) is 0.0988. The number of carboxylic acid groups (broad SMARTS) is 2. The van der Waals surface area contributed by atoms with Gasteiger partial charge in [-0.3, -0.25) is 0 Å². The normalized spacial score (nSPS) is 16.4. The van der Waals surface area contributed by atoms with Crippen molar-refractivity contribution in [3.8, 4) is 23.0 Å². The number of aliphatic carboxylic acids is 2. The van der Waals surface area contributed by atoms with Crippen LogP contribution in [0, 0.1) is 5.82 Å². The van der Waals surface area contributed by atoms with E-state index in [9.17, 15) is 34.4 Å². The van der Waals surface area contributed by atoms with Crippen LogP contribution in [0.3, 0.4) is 0 Å². The van der Waals surface area contributed by atoms with Crippen LogP contribution >= 0.6 is 0 Å². The highest BCUT2D eigenvalue weighted by Gasteiger charge is 2.36. The van der Waals surface area contributed by atoms with E-state index >= 15 is 0 Å². The third kappa shape index (κ3) is 7.77. The maximum Gasteiger partial charge on any atom is 0.210 e. The first-order valence-electron chi connectivity index (χ1n) is 21.4. The van der Waals surface area contributed by atoms with Gasteiger partial charge < -0.3 is 59.3 Å². The minimum atomic E-state index is -1.43. The molecule has 61 heavy (non-hydrogen) atoms. The number of carbonyl (C=O) groups is 2. The van der Waals surface area contributed by atoms with Gasteiger partial charge in [0.15, 0.2) is 0 Å². The van der Waals surface area contributed by atoms with Crippen molar-refractivity contribution in [3.63, 3.8) is 0 Å². The molecule has 13 nitrogen and oxygen atoms in total. The second-order valence-electron chi connectivity index (χ2n) is 16.3. The Balaban J connectivity index is 1.16. The molecule has 0 radical (unpaired) electrons. The van der Waals surface area contributed by atoms with Crippen molar-refractivity contribution >= 4 is 28.9 Å². The number of aryl methyl sites for hydroxylation is 2. The Kier molecular flexibility index (Phi) is 11.6. The Bertz CT molecular complexity index is 2520. The second-order valence-corrected chi connectivity index (χ2v) is 16.3. The summed E-state index contributed by atoms with van der Waals surface area (Å²) in [6, 6.07) is 12.2. The number of carbonyl (C=O) groups excluding carboxylic acids is 2. The number of anilines is 2. The van der Waals surface area contributed by atoms with Crippen LogP contribution in [0.2, 0.25) is 0 Å². The Hall–Kier alpha value is -5.70. The molecule has 0 aromatic heterocycles. The summed E-state index contributed by atoms with van der Waals surface area (Å²) >= 11 is 0. The third-order valence-corrected chi connectivity index (χ3v) is 12.5. The molecule has 1 N–H and O–H groups in total. The van der Waals surface area contributed by atoms with Crippen LogP contribution in [0.5, 0.6) is 23.0 Å². The van der Waals surface area contributed by atoms with Gasteiger partial charge in [-0.05, 0) is 86.5 Å². The van der Waals surface area contributed by atoms with Gasteiger partial charge in [-0.2, -0.15) is 0 Å². The fourth-order valence-electron chi connectivity index (χ4n) is 10.1. The van der Waals surface area contributed by atoms with E-state index in [1.165, 1.54) is 44.3 Å². The molecule has 5 heterocycles. The molecule has 5 aliphatic heterocycles. The van der Waals surface area contributed by atoms with Gasteiger partial charge in [0, 0.05) is 77.3 Å². The first kappa shape index (κ1) is 40.7. The Morgan fingerprint density at radius 1 is 0.852 bits per heavy atom. The van der Waals surface area contributed by atoms with Crippen molar-refractivity contribution in [3.05, 3.63) is 104 Å². The van der Waals surface area contributed by atoms with E-state index in [0.717, 1.165) is 123 Å². The molecular formula is C47H48FN4O9-3. The van der Waals surface area contributed by atoms with E-state index < -0.39 is 43.6 Å². The molecule has 0 bridgehead atoms. The highest BCUT2D eigenvalue weighted by Crippen LogP contribution is 2.49. The number of nitrogens with zero attached hydrogens (tertiary/aromatic N) is 3. The van der Waals surface area contributed by atoms with Crippen LogP contribution in [-0.4, -0.2) is 84.2 Å². The molecule has 0 saturated heterocycles. The van der Waals surface area contributed by atoms with Crippen LogP contribution in [0.1, 0.15) is 70.7 Å². The molecule has 1 unspecified atom stereocenters. The van der Waals surface area contributed by atoms with E-state index in [1.54, 1.807) is 6.07 Å². The van der Waals surface area contributed by atoms with Crippen LogP contribution in [0.15, 0.2) is 48.5 Å². The minimum Gasteiger partial charge on any atom is -0.854 e. The minimum absolute atomic E-state index is 0.000282. The summed E-state index contributed by atoms with van der Waals surface area (Å²) in [5.74, 6) is -1.52. The lowest BCUT2D eigenvalue weighted by molar-refractivity contribution is -0.365. The number of hydrogen-bond donors (Lipinski definition) is 1. The zero-order valence-corrected chi connectivity index (χ0v) is 34.0. The molecule has 14 heteroatoms. The number of nitrogens with one attached hydrogen (secondary N) is 1. The number of hydrogen-bond acceptors (Lipinski definition) is 12. The monoisotopic (exact) mass is 831 g/mol. The molecule has 4 aromatic carbocycles. The fraction of sp³-hybridized carbons (Fsp3) is 0.426. The van der Waals surface area contributed by atoms with Gasteiger partial charge >= 0.3 is 0 Å². The van der Waals surface area contributed by atoms with Crippen molar-refractivity contribution in [2.24, 2.45) is 0 Å². The molecule has 320 valence electrons. The lowest BCUT2D eigenvalue weighted by Crippen LogP contribution is -2.45. The van der Waals surface area contributed by atoms with Crippen LogP contribution in [-0.2, 0) is 35.3 Å². The molecule has 0 amide bonds. The predicted molar refractivity (Wildman–Crippen MR) is 217 cm³/mol. The van der Waals surface area contributed by atoms with Gasteiger partial charge in [0.2, 0.25) is 5.36 Å². The Morgan fingerprint density at radius 2 is 1.61 bits per heavy atom. The predicted octanol–water partition coefficient (Wildman–Crippen LogP) is -0.624. The van der Waals surface area contributed by atoms with Crippen molar-refractivity contribution in [1.82, 2.24) is 9.89 Å². The lowest BCUT2D eigenvalue weighted by atomic mass is 9.82. The van der Waals surface area contributed by atoms with E-state index in [1.807, 2.05) is 12.1 Å². The Labute approximate surface area is 352 Å². The average Bonchev–Trinajstić information content (AvgIpc) is 3.25. The third-order valence-electron chi connectivity index (χ3n) is 12.5. The maximum atomic E-state index is 14.5. The van der Waals surface area contributed by atoms with E-state index in [4.69, 9.17) is 14.2 Å². The summed E-state index contributed by atoms with van der Waals surface area (Å²) in [6.45, 7) is 1.71. The molecule has 5 aliphatic rings. The lowest BCUT2D eigenvalue weighted by Gasteiger charge is -2.39. The van der Waals surface area contributed by atoms with E-state index in [0.29, 0.717) is 0 Å². The largest absolute Gasteiger partial charge is 0.854 e. The van der Waals surface area contributed by atoms with Crippen molar-refractivity contribution in [2.75, 3.05) is 82.0 Å². The molecule has 4 aromatic rings. The van der Waals surface area contributed by atoms with Gasteiger partial charge in [-0.25, -0.2) is 8.97 Å². The van der Waals surface area contributed by atoms with E-state index in [2.05, 4.69) is 26.9 Å².